The van der Waals surface area contributed by atoms with Gasteiger partial charge in [0, 0.05) is 5.70 Å². The molecule has 1 unspecified atom stereocenters. The number of allylic oxidation sites excluding steroid dienone is 1. The van der Waals surface area contributed by atoms with E-state index in [0.29, 0.717) is 23.8 Å². The lowest BCUT2D eigenvalue weighted by molar-refractivity contribution is -0.139. The molecule has 0 bridgehead atoms. The number of nitrogens with one attached hydrogen (secondary N) is 2. The summed E-state index contributed by atoms with van der Waals surface area (Å²) in [7, 11) is 0. The van der Waals surface area contributed by atoms with Crippen LogP contribution >= 0.6 is 0 Å². The van der Waals surface area contributed by atoms with E-state index in [-0.39, 0.29) is 6.03 Å². The van der Waals surface area contributed by atoms with Crippen molar-refractivity contribution < 1.29 is 14.3 Å². The monoisotopic (exact) mass is 302 g/mol. The molecule has 5 heteroatoms. The fourth-order valence-electron chi connectivity index (χ4n) is 2.50. The predicted molar refractivity (Wildman–Crippen MR) is 84.3 cm³/mol. The molecule has 0 radical (unpaired) electrons. The highest BCUT2D eigenvalue weighted by Crippen LogP contribution is 2.28. The van der Waals surface area contributed by atoms with Crippen molar-refractivity contribution in [2.45, 2.75) is 39.7 Å². The zero-order valence-corrected chi connectivity index (χ0v) is 13.4. The number of benzene rings is 1. The van der Waals surface area contributed by atoms with Gasteiger partial charge in [-0.15, -0.1) is 0 Å². The van der Waals surface area contributed by atoms with E-state index >= 15 is 0 Å². The number of urea groups is 1. The minimum absolute atomic E-state index is 0.294. The lowest BCUT2D eigenvalue weighted by Crippen LogP contribution is -2.45. The average Bonchev–Trinajstić information content (AvgIpc) is 2.46. The van der Waals surface area contributed by atoms with Crippen molar-refractivity contribution in [2.24, 2.45) is 0 Å². The van der Waals surface area contributed by atoms with Gasteiger partial charge in [0.25, 0.3) is 0 Å². The molecule has 0 aromatic heterocycles. The Hall–Kier alpha value is -2.30. The van der Waals surface area contributed by atoms with Crippen molar-refractivity contribution in [3.05, 3.63) is 46.7 Å². The van der Waals surface area contributed by atoms with E-state index in [1.54, 1.807) is 13.8 Å². The topological polar surface area (TPSA) is 67.4 Å². The molecule has 118 valence electrons. The Morgan fingerprint density at radius 1 is 1.27 bits per heavy atom. The van der Waals surface area contributed by atoms with E-state index in [1.165, 1.54) is 5.56 Å². The van der Waals surface area contributed by atoms with E-state index in [0.717, 1.165) is 5.56 Å². The molecule has 0 fully saturated rings. The average molecular weight is 302 g/mol. The minimum Gasteiger partial charge on any atom is -0.463 e. The number of ether oxygens (including phenoxy) is 1. The quantitative estimate of drug-likeness (QED) is 0.840. The molecule has 2 N–H and O–H groups in total. The van der Waals surface area contributed by atoms with Gasteiger partial charge < -0.3 is 15.4 Å². The molecular formula is C17H22N2O3. The van der Waals surface area contributed by atoms with Gasteiger partial charge in [-0.2, -0.15) is 0 Å². The third-order valence-corrected chi connectivity index (χ3v) is 3.70. The van der Waals surface area contributed by atoms with Crippen LogP contribution < -0.4 is 10.6 Å². The molecule has 5 nitrogen and oxygen atoms in total. The maximum atomic E-state index is 12.2. The van der Waals surface area contributed by atoms with Gasteiger partial charge in [0.15, 0.2) is 0 Å². The van der Waals surface area contributed by atoms with Crippen LogP contribution in [0.5, 0.6) is 0 Å². The fourth-order valence-corrected chi connectivity index (χ4v) is 2.50. The Bertz CT molecular complexity index is 603. The van der Waals surface area contributed by atoms with Gasteiger partial charge in [-0.25, -0.2) is 9.59 Å². The molecule has 1 aromatic rings. The summed E-state index contributed by atoms with van der Waals surface area (Å²) in [4.78, 5) is 24.0. The third-order valence-electron chi connectivity index (χ3n) is 3.70. The van der Waals surface area contributed by atoms with Gasteiger partial charge in [-0.3, -0.25) is 0 Å². The zero-order chi connectivity index (χ0) is 16.3. The van der Waals surface area contributed by atoms with Gasteiger partial charge >= 0.3 is 12.0 Å². The maximum absolute atomic E-state index is 12.2. The van der Waals surface area contributed by atoms with E-state index in [9.17, 15) is 9.59 Å². The first-order valence-corrected chi connectivity index (χ1v) is 7.49. The molecule has 2 rings (SSSR count). The number of amides is 2. The summed E-state index contributed by atoms with van der Waals surface area (Å²) in [5.74, 6) is 0.0175. The van der Waals surface area contributed by atoms with Crippen molar-refractivity contribution in [3.8, 4) is 0 Å². The van der Waals surface area contributed by atoms with Crippen LogP contribution in [0.3, 0.4) is 0 Å². The van der Waals surface area contributed by atoms with Crippen LogP contribution in [-0.4, -0.2) is 18.6 Å². The molecule has 1 aliphatic heterocycles. The minimum atomic E-state index is -0.492. The SMILES string of the molecule is CCOC(=O)C1=C(C)NC(=O)NC1c1ccc(C(C)C)cc1. The first kappa shape index (κ1) is 16.1. The highest BCUT2D eigenvalue weighted by atomic mass is 16.5. The van der Waals surface area contributed by atoms with Crippen LogP contribution in [0.4, 0.5) is 4.79 Å². The Labute approximate surface area is 130 Å². The highest BCUT2D eigenvalue weighted by molar-refractivity contribution is 5.95. The van der Waals surface area contributed by atoms with Crippen LogP contribution in [0.15, 0.2) is 35.5 Å². The number of hydrogen-bond donors (Lipinski definition) is 2. The molecule has 0 aliphatic carbocycles. The Morgan fingerprint density at radius 2 is 1.91 bits per heavy atom. The summed E-state index contributed by atoms with van der Waals surface area (Å²) in [5.41, 5.74) is 3.04. The molecule has 1 aliphatic rings. The summed E-state index contributed by atoms with van der Waals surface area (Å²) < 4.78 is 5.11. The van der Waals surface area contributed by atoms with Crippen molar-refractivity contribution in [3.63, 3.8) is 0 Å². The van der Waals surface area contributed by atoms with Crippen LogP contribution in [0, 0.1) is 0 Å². The van der Waals surface area contributed by atoms with Crippen molar-refractivity contribution >= 4 is 12.0 Å². The molecule has 1 aromatic carbocycles. The van der Waals surface area contributed by atoms with Crippen LogP contribution in [0.2, 0.25) is 0 Å². The van der Waals surface area contributed by atoms with E-state index < -0.39 is 12.0 Å². The molecular weight excluding hydrogens is 280 g/mol. The fraction of sp³-hybridized carbons (Fsp3) is 0.412. The lowest BCUT2D eigenvalue weighted by Gasteiger charge is -2.28. The van der Waals surface area contributed by atoms with Gasteiger partial charge in [-0.05, 0) is 30.9 Å². The smallest absolute Gasteiger partial charge is 0.338 e. The van der Waals surface area contributed by atoms with Gasteiger partial charge in [0.2, 0.25) is 0 Å². The maximum Gasteiger partial charge on any atom is 0.338 e. The van der Waals surface area contributed by atoms with Crippen molar-refractivity contribution in [1.82, 2.24) is 10.6 Å². The zero-order valence-electron chi connectivity index (χ0n) is 13.4. The second-order valence-corrected chi connectivity index (χ2v) is 5.61. The number of carbonyl (C=O) groups excluding carboxylic acids is 2. The van der Waals surface area contributed by atoms with Gasteiger partial charge in [0.1, 0.15) is 0 Å². The number of hydrogen-bond acceptors (Lipinski definition) is 3. The summed E-state index contributed by atoms with van der Waals surface area (Å²) >= 11 is 0. The molecule has 0 spiro atoms. The molecule has 0 saturated heterocycles. The number of carbonyl (C=O) groups is 2. The Balaban J connectivity index is 2.38. The van der Waals surface area contributed by atoms with Crippen LogP contribution in [0.1, 0.15) is 50.8 Å². The van der Waals surface area contributed by atoms with Crippen LogP contribution in [0.25, 0.3) is 0 Å². The Morgan fingerprint density at radius 3 is 2.45 bits per heavy atom. The molecule has 2 amide bonds. The van der Waals surface area contributed by atoms with E-state index in [2.05, 4.69) is 24.5 Å². The van der Waals surface area contributed by atoms with Crippen molar-refractivity contribution in [1.29, 1.82) is 0 Å². The summed E-state index contributed by atoms with van der Waals surface area (Å²) in [6.07, 6.45) is 0. The largest absolute Gasteiger partial charge is 0.463 e. The third kappa shape index (κ3) is 3.30. The van der Waals surface area contributed by atoms with Gasteiger partial charge in [0.05, 0.1) is 18.2 Å². The number of rotatable bonds is 4. The van der Waals surface area contributed by atoms with Gasteiger partial charge in [-0.1, -0.05) is 38.1 Å². The predicted octanol–water partition coefficient (Wildman–Crippen LogP) is 3.00. The second-order valence-electron chi connectivity index (χ2n) is 5.61. The standard InChI is InChI=1S/C17H22N2O3/c1-5-22-16(20)14-11(4)18-17(21)19-15(14)13-8-6-12(7-9-13)10(2)3/h6-10,15H,5H2,1-4H3,(H2,18,19,21). The highest BCUT2D eigenvalue weighted by Gasteiger charge is 2.31. The normalized spacial score (nSPS) is 18.0. The lowest BCUT2D eigenvalue weighted by atomic mass is 9.93. The number of esters is 1. The first-order chi connectivity index (χ1) is 10.4. The summed E-state index contributed by atoms with van der Waals surface area (Å²) in [5, 5.41) is 5.42. The summed E-state index contributed by atoms with van der Waals surface area (Å²) in [6.45, 7) is 8.00. The van der Waals surface area contributed by atoms with Crippen molar-refractivity contribution in [2.75, 3.05) is 6.61 Å². The van der Waals surface area contributed by atoms with E-state index in [1.807, 2.05) is 24.3 Å². The van der Waals surface area contributed by atoms with E-state index in [4.69, 9.17) is 4.74 Å². The molecule has 1 atom stereocenters. The van der Waals surface area contributed by atoms with Crippen LogP contribution in [-0.2, 0) is 9.53 Å². The molecule has 0 saturated carbocycles. The summed E-state index contributed by atoms with van der Waals surface area (Å²) in [6, 6.07) is 7.12. The second kappa shape index (κ2) is 6.64. The first-order valence-electron chi connectivity index (χ1n) is 7.49. The molecule has 1 heterocycles. The Kier molecular flexibility index (Phi) is 4.85. The molecule has 22 heavy (non-hydrogen) atoms.